The molecule has 1 aliphatic heterocycles. The van der Waals surface area contributed by atoms with E-state index in [1.54, 1.807) is 23.1 Å². The molecule has 1 atom stereocenters. The van der Waals surface area contributed by atoms with Crippen molar-refractivity contribution in [3.63, 3.8) is 0 Å². The van der Waals surface area contributed by atoms with E-state index in [2.05, 4.69) is 18.8 Å². The molecule has 0 spiro atoms. The normalized spacial score (nSPS) is 22.2. The summed E-state index contributed by atoms with van der Waals surface area (Å²) in [4.78, 5) is 19.2. The van der Waals surface area contributed by atoms with Gasteiger partial charge >= 0.3 is 0 Å². The predicted molar refractivity (Wildman–Crippen MR) is 83.8 cm³/mol. The third kappa shape index (κ3) is 2.01. The standard InChI is InChI=1S/C14H18N2O2S2/c1-5-14(2)6-8-9(7-18-14)20-12-10(11(8)17)15-13(19-4)16(12)3/h5-7H2,1-4H3. The lowest BCUT2D eigenvalue weighted by molar-refractivity contribution is -0.0550. The van der Waals surface area contributed by atoms with Crippen molar-refractivity contribution in [1.29, 1.82) is 0 Å². The average Bonchev–Trinajstić information content (AvgIpc) is 2.77. The topological polar surface area (TPSA) is 44.1 Å². The summed E-state index contributed by atoms with van der Waals surface area (Å²) in [6.07, 6.45) is 3.58. The van der Waals surface area contributed by atoms with Crippen LogP contribution in [-0.4, -0.2) is 21.4 Å². The second-order valence-corrected chi connectivity index (χ2v) is 7.27. The summed E-state index contributed by atoms with van der Waals surface area (Å²) >= 11 is 3.20. The van der Waals surface area contributed by atoms with Crippen LogP contribution in [0.2, 0.25) is 0 Å². The van der Waals surface area contributed by atoms with Gasteiger partial charge in [-0.1, -0.05) is 18.7 Å². The van der Waals surface area contributed by atoms with Crippen LogP contribution in [0.15, 0.2) is 9.95 Å². The number of fused-ring (bicyclic) bond motifs is 2. The minimum atomic E-state index is -0.219. The lowest BCUT2D eigenvalue weighted by Crippen LogP contribution is -2.37. The van der Waals surface area contributed by atoms with E-state index in [9.17, 15) is 4.79 Å². The summed E-state index contributed by atoms with van der Waals surface area (Å²) in [6, 6.07) is 0. The second kappa shape index (κ2) is 4.86. The van der Waals surface area contributed by atoms with E-state index < -0.39 is 0 Å². The van der Waals surface area contributed by atoms with Crippen molar-refractivity contribution in [2.24, 2.45) is 7.05 Å². The van der Waals surface area contributed by atoms with E-state index in [4.69, 9.17) is 4.74 Å². The maximum absolute atomic E-state index is 12.7. The van der Waals surface area contributed by atoms with Gasteiger partial charge in [-0.15, -0.1) is 11.3 Å². The van der Waals surface area contributed by atoms with Gasteiger partial charge in [0, 0.05) is 23.9 Å². The Morgan fingerprint density at radius 2 is 2.30 bits per heavy atom. The number of nitrogens with zero attached hydrogens (tertiary/aromatic N) is 2. The molecule has 0 fully saturated rings. The first kappa shape index (κ1) is 14.1. The summed E-state index contributed by atoms with van der Waals surface area (Å²) in [5.74, 6) is 0. The van der Waals surface area contributed by atoms with E-state index in [-0.39, 0.29) is 11.0 Å². The Morgan fingerprint density at radius 1 is 1.55 bits per heavy atom. The Bertz CT molecular complexity index is 735. The summed E-state index contributed by atoms with van der Waals surface area (Å²) in [5, 5.41) is 0.884. The average molecular weight is 310 g/mol. The van der Waals surface area contributed by atoms with Crippen molar-refractivity contribution in [3.05, 3.63) is 20.7 Å². The lowest BCUT2D eigenvalue weighted by Gasteiger charge is -2.33. The highest BCUT2D eigenvalue weighted by molar-refractivity contribution is 7.98. The molecular weight excluding hydrogens is 292 g/mol. The van der Waals surface area contributed by atoms with E-state index in [0.29, 0.717) is 18.5 Å². The molecule has 108 valence electrons. The van der Waals surface area contributed by atoms with Crippen LogP contribution in [-0.2, 0) is 24.8 Å². The van der Waals surface area contributed by atoms with Crippen LogP contribution in [0.25, 0.3) is 10.3 Å². The molecule has 1 unspecified atom stereocenters. The maximum atomic E-state index is 12.7. The Balaban J connectivity index is 2.24. The SMILES string of the molecule is CCC1(C)Cc2c(sc3c(nc(SC)n3C)c2=O)CO1. The van der Waals surface area contributed by atoms with Gasteiger partial charge in [-0.25, -0.2) is 4.98 Å². The molecule has 20 heavy (non-hydrogen) atoms. The zero-order valence-corrected chi connectivity index (χ0v) is 13.8. The van der Waals surface area contributed by atoms with Crippen molar-refractivity contribution in [2.45, 2.75) is 44.1 Å². The number of hydrogen-bond donors (Lipinski definition) is 0. The summed E-state index contributed by atoms with van der Waals surface area (Å²) in [6.45, 7) is 4.72. The molecule has 6 heteroatoms. The van der Waals surface area contributed by atoms with Gasteiger partial charge in [-0.05, 0) is 19.6 Å². The molecule has 0 amide bonds. The van der Waals surface area contributed by atoms with Crippen molar-refractivity contribution < 1.29 is 4.74 Å². The van der Waals surface area contributed by atoms with Crippen molar-refractivity contribution in [3.8, 4) is 0 Å². The minimum Gasteiger partial charge on any atom is -0.369 e. The molecule has 2 aromatic rings. The van der Waals surface area contributed by atoms with Crippen LogP contribution in [0.5, 0.6) is 0 Å². The Kier molecular flexibility index (Phi) is 3.43. The van der Waals surface area contributed by atoms with Crippen LogP contribution in [0, 0.1) is 0 Å². The first-order valence-electron chi connectivity index (χ1n) is 6.68. The fourth-order valence-electron chi connectivity index (χ4n) is 2.55. The zero-order valence-electron chi connectivity index (χ0n) is 12.1. The smallest absolute Gasteiger partial charge is 0.211 e. The lowest BCUT2D eigenvalue weighted by atomic mass is 9.91. The van der Waals surface area contributed by atoms with Crippen molar-refractivity contribution in [2.75, 3.05) is 6.26 Å². The van der Waals surface area contributed by atoms with Crippen LogP contribution in [0.3, 0.4) is 0 Å². The molecule has 3 rings (SSSR count). The van der Waals surface area contributed by atoms with E-state index in [0.717, 1.165) is 26.8 Å². The largest absolute Gasteiger partial charge is 0.369 e. The number of rotatable bonds is 2. The van der Waals surface area contributed by atoms with Gasteiger partial charge in [0.1, 0.15) is 10.3 Å². The Hall–Kier alpha value is -0.850. The molecule has 3 heterocycles. The van der Waals surface area contributed by atoms with Crippen molar-refractivity contribution >= 4 is 33.4 Å². The molecule has 1 aliphatic rings. The fourth-order valence-corrected chi connectivity index (χ4v) is 4.25. The van der Waals surface area contributed by atoms with Gasteiger partial charge in [0.15, 0.2) is 5.16 Å². The first-order chi connectivity index (χ1) is 9.49. The maximum Gasteiger partial charge on any atom is 0.211 e. The van der Waals surface area contributed by atoms with Gasteiger partial charge in [0.05, 0.1) is 12.2 Å². The summed E-state index contributed by atoms with van der Waals surface area (Å²) in [5.41, 5.74) is 1.39. The number of aryl methyl sites for hydroxylation is 1. The highest BCUT2D eigenvalue weighted by Gasteiger charge is 2.32. The first-order valence-corrected chi connectivity index (χ1v) is 8.72. The Labute approximate surface area is 126 Å². The van der Waals surface area contributed by atoms with Gasteiger partial charge in [0.25, 0.3) is 0 Å². The van der Waals surface area contributed by atoms with Gasteiger partial charge in [-0.2, -0.15) is 0 Å². The molecule has 0 saturated carbocycles. The Morgan fingerprint density at radius 3 is 2.95 bits per heavy atom. The molecule has 2 aromatic heterocycles. The highest BCUT2D eigenvalue weighted by atomic mass is 32.2. The summed E-state index contributed by atoms with van der Waals surface area (Å²) in [7, 11) is 1.96. The number of aromatic nitrogens is 2. The van der Waals surface area contributed by atoms with Crippen LogP contribution in [0.1, 0.15) is 30.7 Å². The molecule has 0 aromatic carbocycles. The fraction of sp³-hybridized carbons (Fsp3) is 0.571. The summed E-state index contributed by atoms with van der Waals surface area (Å²) < 4.78 is 7.95. The molecule has 0 aliphatic carbocycles. The zero-order chi connectivity index (χ0) is 14.5. The number of ether oxygens (including phenoxy) is 1. The van der Waals surface area contributed by atoms with Crippen molar-refractivity contribution in [1.82, 2.24) is 9.55 Å². The monoisotopic (exact) mass is 310 g/mol. The van der Waals surface area contributed by atoms with Gasteiger partial charge in [0.2, 0.25) is 5.43 Å². The number of imidazole rings is 1. The predicted octanol–water partition coefficient (Wildman–Crippen LogP) is 2.96. The van der Waals surface area contributed by atoms with E-state index >= 15 is 0 Å². The molecule has 4 nitrogen and oxygen atoms in total. The molecule has 0 N–H and O–H groups in total. The van der Waals surface area contributed by atoms with Crippen LogP contribution >= 0.6 is 23.1 Å². The third-order valence-electron chi connectivity index (χ3n) is 4.08. The quantitative estimate of drug-likeness (QED) is 0.800. The highest BCUT2D eigenvalue weighted by Crippen LogP contribution is 2.34. The number of hydrogen-bond acceptors (Lipinski definition) is 5. The van der Waals surface area contributed by atoms with Gasteiger partial charge in [-0.3, -0.25) is 4.79 Å². The second-order valence-electron chi connectivity index (χ2n) is 5.41. The number of thioether (sulfide) groups is 1. The van der Waals surface area contributed by atoms with Crippen LogP contribution < -0.4 is 5.43 Å². The van der Waals surface area contributed by atoms with E-state index in [1.807, 2.05) is 17.9 Å². The molecule has 0 bridgehead atoms. The molecular formula is C14H18N2O2S2. The third-order valence-corrected chi connectivity index (χ3v) is 6.08. The molecule has 0 saturated heterocycles. The van der Waals surface area contributed by atoms with E-state index in [1.165, 1.54) is 0 Å². The van der Waals surface area contributed by atoms with Crippen LogP contribution in [0.4, 0.5) is 0 Å². The minimum absolute atomic E-state index is 0.0904. The van der Waals surface area contributed by atoms with Gasteiger partial charge < -0.3 is 9.30 Å². The molecule has 0 radical (unpaired) electrons.